The number of benzene rings is 1. The second-order valence-corrected chi connectivity index (χ2v) is 20.8. The van der Waals surface area contributed by atoms with Gasteiger partial charge in [0.25, 0.3) is 0 Å². The molecule has 8 fully saturated rings. The molecule has 3 heterocycles. The summed E-state index contributed by atoms with van der Waals surface area (Å²) < 4.78 is 73.7. The number of nitrogens with one attached hydrogen (secondary N) is 1. The summed E-state index contributed by atoms with van der Waals surface area (Å²) in [6.07, 6.45) is -8.47. The molecule has 1 aromatic rings. The van der Waals surface area contributed by atoms with E-state index < -0.39 is 158 Å². The van der Waals surface area contributed by atoms with Gasteiger partial charge in [-0.3, -0.25) is 14.4 Å². The Morgan fingerprint density at radius 2 is 1.46 bits per heavy atom. The standard InChI is InChI=1S/C41H53NO16S/c1-15-24-27(39(7)40(8,49)36(48)58-41(39)33(15)57-41)30(47)25-23-26(32(53-16(2)43)35(38(24,25)6)55-18(4)45)37(5)21(14-22-31(56-22)34(37)54-17(3)44)28(29(23)46)42-59(50,51)20-12-10-19(52-9)11-13-20/h10-13,15,21-35,42,46-47,49H,14H2,1-9H3/t15-,21+,22-,23-,24-,25+,26+,27-,28-,29+,30+,31-,32-,33+,34-,35-,37-,38+,39-,40+,41-/m0/s1. The Labute approximate surface area is 341 Å². The maximum atomic E-state index is 14.4. The number of sulfonamides is 1. The number of ether oxygens (including phenoxy) is 7. The van der Waals surface area contributed by atoms with Crippen molar-refractivity contribution in [1.82, 2.24) is 4.72 Å². The van der Waals surface area contributed by atoms with Crippen molar-refractivity contribution in [2.75, 3.05) is 7.11 Å². The van der Waals surface area contributed by atoms with Crippen LogP contribution in [0.5, 0.6) is 5.75 Å². The van der Waals surface area contributed by atoms with Crippen LogP contribution in [-0.4, -0.2) is 121 Å². The molecule has 3 aliphatic heterocycles. The van der Waals surface area contributed by atoms with Crippen LogP contribution in [0.1, 0.15) is 61.8 Å². The molecule has 3 saturated heterocycles. The third-order valence-corrected chi connectivity index (χ3v) is 18.1. The first kappa shape index (κ1) is 41.0. The SMILES string of the molecule is COc1ccc(S(=O)(=O)N[C@@H]2[C@H](O)[C@H]3[C@@H]4[C@@H](O)[C@@H]5[C@H]([C@H](C)[C@H]6O[C@]67OC(=O)[C@@](C)(O)[C@]57C)[C@@]4(C)[C@@H](OC(C)=O)[C@@H](OC(C)=O)[C@@H]3[C@]3(C)[C@@H]2C[C@@H]2O[C@@H]2[C@@H]3OC(C)=O)cc1. The molecule has 0 radical (unpaired) electrons. The van der Waals surface area contributed by atoms with Gasteiger partial charge in [0.1, 0.15) is 36.3 Å². The van der Waals surface area contributed by atoms with Crippen molar-refractivity contribution in [3.8, 4) is 5.75 Å². The van der Waals surface area contributed by atoms with Gasteiger partial charge >= 0.3 is 23.9 Å². The summed E-state index contributed by atoms with van der Waals surface area (Å²) in [5.74, 6) is -10.7. The van der Waals surface area contributed by atoms with E-state index in [9.17, 15) is 42.9 Å². The Kier molecular flexibility index (Phi) is 8.75. The van der Waals surface area contributed by atoms with Gasteiger partial charge in [-0.1, -0.05) is 20.8 Å². The molecular weight excluding hydrogens is 795 g/mol. The number of methoxy groups -OCH3 is 1. The van der Waals surface area contributed by atoms with Crippen LogP contribution in [-0.2, 0) is 57.6 Å². The van der Waals surface area contributed by atoms with Crippen LogP contribution in [0.2, 0.25) is 0 Å². The van der Waals surface area contributed by atoms with Crippen LogP contribution in [0, 0.1) is 57.7 Å². The number of hydrogen-bond donors (Lipinski definition) is 4. The highest BCUT2D eigenvalue weighted by Crippen LogP contribution is 2.81. The first-order valence-corrected chi connectivity index (χ1v) is 21.8. The molecule has 1 aromatic carbocycles. The largest absolute Gasteiger partial charge is 0.497 e. The minimum absolute atomic E-state index is 0.116. The topological polar surface area (TPSA) is 246 Å². The Morgan fingerprint density at radius 1 is 0.847 bits per heavy atom. The first-order valence-electron chi connectivity index (χ1n) is 20.3. The zero-order valence-corrected chi connectivity index (χ0v) is 35.1. The number of esters is 4. The van der Waals surface area contributed by atoms with Crippen molar-refractivity contribution in [2.45, 2.75) is 133 Å². The summed E-state index contributed by atoms with van der Waals surface area (Å²) in [7, 11) is -2.95. The summed E-state index contributed by atoms with van der Waals surface area (Å²) in [4.78, 5) is 53.0. The Bertz CT molecular complexity index is 2110. The summed E-state index contributed by atoms with van der Waals surface area (Å²) in [6, 6.07) is 4.42. The predicted octanol–water partition coefficient (Wildman–Crippen LogP) is 0.840. The lowest BCUT2D eigenvalue weighted by Crippen LogP contribution is -2.77. The molecule has 5 saturated carbocycles. The number of epoxide rings is 2. The second kappa shape index (κ2) is 12.6. The van der Waals surface area contributed by atoms with Gasteiger partial charge in [-0.25, -0.2) is 17.9 Å². The average Bonchev–Trinajstić information content (AvgIpc) is 4.06. The number of hydrogen-bond acceptors (Lipinski definition) is 16. The highest BCUT2D eigenvalue weighted by atomic mass is 32.2. The minimum atomic E-state index is -4.40. The van der Waals surface area contributed by atoms with Gasteiger partial charge in [-0.15, -0.1) is 0 Å². The smallest absolute Gasteiger partial charge is 0.341 e. The van der Waals surface area contributed by atoms with Crippen LogP contribution < -0.4 is 9.46 Å². The minimum Gasteiger partial charge on any atom is -0.497 e. The Hall–Kier alpha value is -3.39. The van der Waals surface area contributed by atoms with E-state index in [1.165, 1.54) is 59.1 Å². The van der Waals surface area contributed by atoms with Gasteiger partial charge in [-0.05, 0) is 68.2 Å². The number of carbonyl (C=O) groups is 4. The Balaban J connectivity index is 1.28. The van der Waals surface area contributed by atoms with Crippen molar-refractivity contribution in [2.24, 2.45) is 57.7 Å². The second-order valence-electron chi connectivity index (χ2n) is 19.1. The number of rotatable bonds is 7. The molecule has 18 heteroatoms. The average molecular weight is 848 g/mol. The maximum Gasteiger partial charge on any atom is 0.341 e. The highest BCUT2D eigenvalue weighted by molar-refractivity contribution is 7.89. The summed E-state index contributed by atoms with van der Waals surface area (Å²) in [5.41, 5.74) is -6.56. The fourth-order valence-electron chi connectivity index (χ4n) is 14.3. The predicted molar refractivity (Wildman–Crippen MR) is 198 cm³/mol. The van der Waals surface area contributed by atoms with Gasteiger partial charge in [0, 0.05) is 49.4 Å². The molecular formula is C41H53NO16S. The molecule has 9 rings (SSSR count). The molecule has 0 unspecified atom stereocenters. The summed E-state index contributed by atoms with van der Waals surface area (Å²) in [5, 5.41) is 38.4. The summed E-state index contributed by atoms with van der Waals surface area (Å²) >= 11 is 0. The van der Waals surface area contributed by atoms with Crippen molar-refractivity contribution in [1.29, 1.82) is 0 Å². The number of carbonyl (C=O) groups excluding carboxylic acids is 4. The van der Waals surface area contributed by atoms with Gasteiger partial charge in [0.05, 0.1) is 41.8 Å². The van der Waals surface area contributed by atoms with Crippen molar-refractivity contribution in [3.63, 3.8) is 0 Å². The maximum absolute atomic E-state index is 14.4. The zero-order valence-electron chi connectivity index (χ0n) is 34.3. The van der Waals surface area contributed by atoms with E-state index >= 15 is 0 Å². The van der Waals surface area contributed by atoms with Crippen LogP contribution in [0.25, 0.3) is 0 Å². The van der Waals surface area contributed by atoms with Gasteiger partial charge < -0.3 is 48.5 Å². The van der Waals surface area contributed by atoms with Crippen molar-refractivity contribution in [3.05, 3.63) is 24.3 Å². The van der Waals surface area contributed by atoms with Crippen molar-refractivity contribution < 1.29 is 76.1 Å². The lowest BCUT2D eigenvalue weighted by atomic mass is 9.40. The van der Waals surface area contributed by atoms with Gasteiger partial charge in [0.15, 0.2) is 5.60 Å². The van der Waals surface area contributed by atoms with E-state index in [0.717, 1.165) is 0 Å². The molecule has 4 N–H and O–H groups in total. The van der Waals surface area contributed by atoms with Crippen molar-refractivity contribution >= 4 is 33.9 Å². The van der Waals surface area contributed by atoms with E-state index in [4.69, 9.17) is 33.2 Å². The fraction of sp³-hybridized carbons (Fsp3) is 0.756. The van der Waals surface area contributed by atoms with Crippen LogP contribution in [0.3, 0.4) is 0 Å². The molecule has 1 spiro atoms. The lowest BCUT2D eigenvalue weighted by molar-refractivity contribution is -0.285. The lowest BCUT2D eigenvalue weighted by Gasteiger charge is -2.67. The van der Waals surface area contributed by atoms with E-state index in [0.29, 0.717) is 5.75 Å². The third-order valence-electron chi connectivity index (χ3n) is 16.6. The van der Waals surface area contributed by atoms with Gasteiger partial charge in [0.2, 0.25) is 15.8 Å². The van der Waals surface area contributed by atoms with E-state index in [2.05, 4.69) is 4.72 Å². The van der Waals surface area contributed by atoms with E-state index in [1.54, 1.807) is 20.8 Å². The monoisotopic (exact) mass is 847 g/mol. The molecule has 21 atom stereocenters. The zero-order chi connectivity index (χ0) is 42.9. The number of fused-ring (bicyclic) bond motifs is 9. The first-order chi connectivity index (χ1) is 27.4. The quantitative estimate of drug-likeness (QED) is 0.169. The van der Waals surface area contributed by atoms with Crippen LogP contribution in [0.4, 0.5) is 0 Å². The highest BCUT2D eigenvalue weighted by Gasteiger charge is 2.93. The molecule has 0 amide bonds. The van der Waals surface area contributed by atoms with Gasteiger partial charge in [-0.2, -0.15) is 0 Å². The molecule has 5 aliphatic carbocycles. The van der Waals surface area contributed by atoms with Crippen LogP contribution >= 0.6 is 0 Å². The molecule has 17 nitrogen and oxygen atoms in total. The number of aliphatic hydroxyl groups is 3. The van der Waals surface area contributed by atoms with E-state index in [1.807, 2.05) is 6.92 Å². The van der Waals surface area contributed by atoms with Crippen LogP contribution in [0.15, 0.2) is 29.2 Å². The molecule has 324 valence electrons. The molecule has 0 aromatic heterocycles. The summed E-state index contributed by atoms with van der Waals surface area (Å²) in [6.45, 7) is 12.0. The molecule has 0 bridgehead atoms. The fourth-order valence-corrected chi connectivity index (χ4v) is 15.6. The Morgan fingerprint density at radius 3 is 2.05 bits per heavy atom. The normalized spacial score (nSPS) is 52.1. The third kappa shape index (κ3) is 5.01. The molecule has 8 aliphatic rings. The molecule has 59 heavy (non-hydrogen) atoms. The number of aliphatic hydroxyl groups excluding tert-OH is 2. The van der Waals surface area contributed by atoms with E-state index in [-0.39, 0.29) is 11.3 Å².